The van der Waals surface area contributed by atoms with Crippen LogP contribution in [0.1, 0.15) is 13.8 Å². The van der Waals surface area contributed by atoms with E-state index < -0.39 is 0 Å². The second-order valence-corrected chi connectivity index (χ2v) is 2.86. The van der Waals surface area contributed by atoms with Crippen molar-refractivity contribution in [3.8, 4) is 0 Å². The fourth-order valence-corrected chi connectivity index (χ4v) is 0.633. The van der Waals surface area contributed by atoms with E-state index in [2.05, 4.69) is 41.9 Å². The summed E-state index contributed by atoms with van der Waals surface area (Å²) in [5.41, 5.74) is 0. The lowest BCUT2D eigenvalue weighted by Gasteiger charge is -1.88. The van der Waals surface area contributed by atoms with Crippen LogP contribution in [0.4, 0.5) is 0 Å². The predicted molar refractivity (Wildman–Crippen MR) is 51.2 cm³/mol. The van der Waals surface area contributed by atoms with E-state index in [0.717, 1.165) is 0 Å². The molecule has 0 heterocycles. The summed E-state index contributed by atoms with van der Waals surface area (Å²) in [6, 6.07) is 0. The molecule has 0 N–H and O–H groups in total. The Morgan fingerprint density at radius 3 is 2.10 bits per heavy atom. The Kier molecular flexibility index (Phi) is 6.61. The van der Waals surface area contributed by atoms with Crippen molar-refractivity contribution >= 4 is 15.9 Å². The van der Waals surface area contributed by atoms with Crippen LogP contribution < -0.4 is 0 Å². The Labute approximate surface area is 71.5 Å². The number of rotatable bonds is 3. The predicted octanol–water partition coefficient (Wildman–Crippen LogP) is 3.66. The average Bonchev–Trinajstić information content (AvgIpc) is 1.87. The number of halogens is 1. The van der Waals surface area contributed by atoms with Crippen LogP contribution in [0.2, 0.25) is 0 Å². The number of hydrogen-bond donors (Lipinski definition) is 0. The maximum absolute atomic E-state index is 3.17. The van der Waals surface area contributed by atoms with Crippen LogP contribution in [-0.2, 0) is 0 Å². The molecule has 0 unspecified atom stereocenters. The molecular weight excluding hydrogens is 188 g/mol. The Bertz CT molecular complexity index is 141. The SMILES string of the molecule is CC(C)/C=C/C=C\C=C\Br. The van der Waals surface area contributed by atoms with Crippen LogP contribution in [0.15, 0.2) is 35.4 Å². The van der Waals surface area contributed by atoms with Crippen molar-refractivity contribution in [2.75, 3.05) is 0 Å². The normalized spacial score (nSPS) is 13.2. The van der Waals surface area contributed by atoms with Crippen molar-refractivity contribution in [2.24, 2.45) is 5.92 Å². The molecule has 0 spiro atoms. The van der Waals surface area contributed by atoms with E-state index in [1.807, 2.05) is 23.2 Å². The monoisotopic (exact) mass is 200 g/mol. The third-order valence-corrected chi connectivity index (χ3v) is 1.21. The standard InChI is InChI=1S/C9H13Br/c1-9(2)7-5-3-4-6-8-10/h3-9H,1-2H3/b4-3-,7-5+,8-6+. The smallest absolute Gasteiger partial charge is 0.0189 e. The van der Waals surface area contributed by atoms with E-state index in [-0.39, 0.29) is 0 Å². The lowest BCUT2D eigenvalue weighted by molar-refractivity contribution is 0.832. The molecule has 0 fully saturated rings. The Morgan fingerprint density at radius 1 is 1.00 bits per heavy atom. The zero-order chi connectivity index (χ0) is 7.82. The summed E-state index contributed by atoms with van der Waals surface area (Å²) in [4.78, 5) is 1.83. The van der Waals surface area contributed by atoms with E-state index >= 15 is 0 Å². The van der Waals surface area contributed by atoms with Gasteiger partial charge in [-0.1, -0.05) is 60.2 Å². The fraction of sp³-hybridized carbons (Fsp3) is 0.333. The summed E-state index contributed by atoms with van der Waals surface area (Å²) in [6.45, 7) is 4.31. The second kappa shape index (κ2) is 6.81. The van der Waals surface area contributed by atoms with Gasteiger partial charge in [-0.05, 0) is 10.9 Å². The van der Waals surface area contributed by atoms with Gasteiger partial charge in [0.05, 0.1) is 0 Å². The molecule has 0 saturated heterocycles. The van der Waals surface area contributed by atoms with E-state index in [1.54, 1.807) is 0 Å². The summed E-state index contributed by atoms with van der Waals surface area (Å²) in [5.74, 6) is 0.637. The van der Waals surface area contributed by atoms with Gasteiger partial charge in [-0.25, -0.2) is 0 Å². The van der Waals surface area contributed by atoms with E-state index in [0.29, 0.717) is 5.92 Å². The number of allylic oxidation sites excluding steroid dienone is 5. The minimum atomic E-state index is 0.637. The van der Waals surface area contributed by atoms with E-state index in [4.69, 9.17) is 0 Å². The molecule has 10 heavy (non-hydrogen) atoms. The molecule has 0 aromatic heterocycles. The molecule has 56 valence electrons. The van der Waals surface area contributed by atoms with Crippen molar-refractivity contribution in [3.63, 3.8) is 0 Å². The molecule has 0 saturated carbocycles. The molecule has 0 rings (SSSR count). The Morgan fingerprint density at radius 2 is 1.60 bits per heavy atom. The first-order chi connectivity index (χ1) is 4.77. The quantitative estimate of drug-likeness (QED) is 0.611. The molecule has 1 heteroatoms. The maximum atomic E-state index is 3.17. The van der Waals surface area contributed by atoms with Gasteiger partial charge in [-0.2, -0.15) is 0 Å². The molecule has 0 aliphatic heterocycles. The summed E-state index contributed by atoms with van der Waals surface area (Å²) in [6.07, 6.45) is 10.1. The molecule has 0 aliphatic rings. The molecule has 0 bridgehead atoms. The van der Waals surface area contributed by atoms with Crippen molar-refractivity contribution in [2.45, 2.75) is 13.8 Å². The minimum absolute atomic E-state index is 0.637. The first-order valence-electron chi connectivity index (χ1n) is 3.37. The zero-order valence-electron chi connectivity index (χ0n) is 6.42. The highest BCUT2D eigenvalue weighted by atomic mass is 79.9. The lowest BCUT2D eigenvalue weighted by Crippen LogP contribution is -1.74. The highest BCUT2D eigenvalue weighted by Gasteiger charge is 1.78. The van der Waals surface area contributed by atoms with Crippen molar-refractivity contribution in [3.05, 3.63) is 35.4 Å². The van der Waals surface area contributed by atoms with E-state index in [9.17, 15) is 0 Å². The molecule has 0 amide bonds. The Hall–Kier alpha value is -0.300. The topological polar surface area (TPSA) is 0 Å². The minimum Gasteiger partial charge on any atom is -0.0820 e. The highest BCUT2D eigenvalue weighted by Crippen LogP contribution is 1.93. The van der Waals surface area contributed by atoms with Gasteiger partial charge in [0.1, 0.15) is 0 Å². The van der Waals surface area contributed by atoms with Crippen LogP contribution >= 0.6 is 15.9 Å². The van der Waals surface area contributed by atoms with Gasteiger partial charge in [0.2, 0.25) is 0 Å². The zero-order valence-corrected chi connectivity index (χ0v) is 8.01. The molecular formula is C9H13Br. The van der Waals surface area contributed by atoms with Crippen molar-refractivity contribution in [1.29, 1.82) is 0 Å². The van der Waals surface area contributed by atoms with Crippen LogP contribution in [0.5, 0.6) is 0 Å². The first-order valence-corrected chi connectivity index (χ1v) is 4.29. The molecule has 0 nitrogen and oxygen atoms in total. The molecule has 0 aromatic carbocycles. The third kappa shape index (κ3) is 7.70. The molecule has 0 aromatic rings. The molecule has 0 atom stereocenters. The van der Waals surface area contributed by atoms with Gasteiger partial charge in [-0.3, -0.25) is 0 Å². The summed E-state index contributed by atoms with van der Waals surface area (Å²) in [7, 11) is 0. The largest absolute Gasteiger partial charge is 0.0820 e. The third-order valence-electron chi connectivity index (χ3n) is 0.902. The average molecular weight is 201 g/mol. The summed E-state index contributed by atoms with van der Waals surface area (Å²) in [5, 5.41) is 0. The Balaban J connectivity index is 3.51. The molecule has 0 radical (unpaired) electrons. The van der Waals surface area contributed by atoms with Crippen LogP contribution in [0.3, 0.4) is 0 Å². The van der Waals surface area contributed by atoms with Gasteiger partial charge in [0, 0.05) is 0 Å². The van der Waals surface area contributed by atoms with Gasteiger partial charge in [0.25, 0.3) is 0 Å². The first kappa shape index (κ1) is 9.70. The van der Waals surface area contributed by atoms with Gasteiger partial charge in [0.15, 0.2) is 0 Å². The van der Waals surface area contributed by atoms with Crippen LogP contribution in [0.25, 0.3) is 0 Å². The van der Waals surface area contributed by atoms with Gasteiger partial charge in [-0.15, -0.1) is 0 Å². The van der Waals surface area contributed by atoms with Crippen LogP contribution in [0, 0.1) is 5.92 Å². The maximum Gasteiger partial charge on any atom is -0.0189 e. The highest BCUT2D eigenvalue weighted by molar-refractivity contribution is 9.11. The van der Waals surface area contributed by atoms with Gasteiger partial charge >= 0.3 is 0 Å². The lowest BCUT2D eigenvalue weighted by atomic mass is 10.2. The van der Waals surface area contributed by atoms with Crippen LogP contribution in [-0.4, -0.2) is 0 Å². The van der Waals surface area contributed by atoms with Gasteiger partial charge < -0.3 is 0 Å². The summed E-state index contributed by atoms with van der Waals surface area (Å²) >= 11 is 3.17. The van der Waals surface area contributed by atoms with E-state index in [1.165, 1.54) is 0 Å². The summed E-state index contributed by atoms with van der Waals surface area (Å²) < 4.78 is 0. The number of hydrogen-bond acceptors (Lipinski definition) is 0. The van der Waals surface area contributed by atoms with Crippen molar-refractivity contribution in [1.82, 2.24) is 0 Å². The van der Waals surface area contributed by atoms with Crippen molar-refractivity contribution < 1.29 is 0 Å². The second-order valence-electron chi connectivity index (χ2n) is 2.33. The fourth-order valence-electron chi connectivity index (χ4n) is 0.457. The molecule has 0 aliphatic carbocycles.